The zero-order chi connectivity index (χ0) is 10.5. The van der Waals surface area contributed by atoms with Gasteiger partial charge in [0.2, 0.25) is 0 Å². The van der Waals surface area contributed by atoms with Gasteiger partial charge in [-0.05, 0) is 0 Å². The summed E-state index contributed by atoms with van der Waals surface area (Å²) in [5.41, 5.74) is 4.53. The van der Waals surface area contributed by atoms with Crippen LogP contribution in [0.2, 0.25) is 0 Å². The summed E-state index contributed by atoms with van der Waals surface area (Å²) < 4.78 is 17.0. The smallest absolute Gasteiger partial charge is 0.136 e. The maximum Gasteiger partial charge on any atom is 0.136 e. The predicted molar refractivity (Wildman–Crippen MR) is 61.5 cm³/mol. The van der Waals surface area contributed by atoms with Crippen molar-refractivity contribution in [2.75, 3.05) is 0 Å². The molecule has 4 rings (SSSR count). The number of fused-ring (bicyclic) bond motifs is 6. The second-order valence-corrected chi connectivity index (χ2v) is 4.23. The average Bonchev–Trinajstić information content (AvgIpc) is 2.98. The SMILES string of the molecule is c1cnc2c(n1)c1nsnc1c1nsnc21. The highest BCUT2D eigenvalue weighted by Crippen LogP contribution is 2.29. The van der Waals surface area contributed by atoms with E-state index in [4.69, 9.17) is 0 Å². The topological polar surface area (TPSA) is 77.3 Å². The van der Waals surface area contributed by atoms with Crippen LogP contribution in [-0.4, -0.2) is 27.5 Å². The minimum atomic E-state index is 0.742. The Morgan fingerprint density at radius 3 is 1.38 bits per heavy atom. The van der Waals surface area contributed by atoms with Gasteiger partial charge < -0.3 is 0 Å². The molecule has 3 aromatic heterocycles. The van der Waals surface area contributed by atoms with Gasteiger partial charge in [0, 0.05) is 12.4 Å². The van der Waals surface area contributed by atoms with E-state index in [-0.39, 0.29) is 0 Å². The fourth-order valence-electron chi connectivity index (χ4n) is 1.68. The first-order chi connectivity index (χ1) is 7.95. The van der Waals surface area contributed by atoms with Crippen LogP contribution in [0.15, 0.2) is 12.4 Å². The first-order valence-electron chi connectivity index (χ1n) is 4.42. The van der Waals surface area contributed by atoms with Crippen molar-refractivity contribution in [3.8, 4) is 0 Å². The molecule has 0 aliphatic heterocycles. The van der Waals surface area contributed by atoms with Gasteiger partial charge in [-0.25, -0.2) is 0 Å². The van der Waals surface area contributed by atoms with E-state index in [9.17, 15) is 0 Å². The lowest BCUT2D eigenvalue weighted by atomic mass is 10.2. The van der Waals surface area contributed by atoms with Crippen molar-refractivity contribution in [3.05, 3.63) is 12.4 Å². The van der Waals surface area contributed by atoms with Crippen LogP contribution in [0.3, 0.4) is 0 Å². The second kappa shape index (κ2) is 2.86. The molecule has 0 spiro atoms. The van der Waals surface area contributed by atoms with Crippen LogP contribution in [-0.2, 0) is 0 Å². The monoisotopic (exact) mass is 246 g/mol. The van der Waals surface area contributed by atoms with Gasteiger partial charge in [-0.3, -0.25) is 9.97 Å². The molecular formula is C8H2N6S2. The summed E-state index contributed by atoms with van der Waals surface area (Å²) in [6.45, 7) is 0. The van der Waals surface area contributed by atoms with Crippen LogP contribution in [0.25, 0.3) is 33.1 Å². The Hall–Kier alpha value is -1.80. The van der Waals surface area contributed by atoms with E-state index in [0.29, 0.717) is 0 Å². The van der Waals surface area contributed by atoms with Gasteiger partial charge in [0.1, 0.15) is 33.1 Å². The van der Waals surface area contributed by atoms with Gasteiger partial charge >= 0.3 is 0 Å². The largest absolute Gasteiger partial charge is 0.251 e. The molecule has 0 atom stereocenters. The molecular weight excluding hydrogens is 244 g/mol. The van der Waals surface area contributed by atoms with E-state index in [1.165, 1.54) is 0 Å². The molecule has 0 N–H and O–H groups in total. The molecule has 0 fully saturated rings. The summed E-state index contributed by atoms with van der Waals surface area (Å²) in [7, 11) is 0. The van der Waals surface area contributed by atoms with Crippen LogP contribution in [0.4, 0.5) is 0 Å². The molecule has 0 unspecified atom stereocenters. The molecule has 8 heteroatoms. The minimum Gasteiger partial charge on any atom is -0.251 e. The Morgan fingerprint density at radius 1 is 0.562 bits per heavy atom. The van der Waals surface area contributed by atoms with Gasteiger partial charge in [0.15, 0.2) is 0 Å². The molecule has 16 heavy (non-hydrogen) atoms. The third-order valence-electron chi connectivity index (χ3n) is 2.35. The summed E-state index contributed by atoms with van der Waals surface area (Å²) in [5.74, 6) is 0. The van der Waals surface area contributed by atoms with E-state index in [1.807, 2.05) is 0 Å². The lowest BCUT2D eigenvalue weighted by Gasteiger charge is -1.96. The Bertz CT molecular complexity index is 750. The van der Waals surface area contributed by atoms with Crippen molar-refractivity contribution < 1.29 is 0 Å². The normalized spacial score (nSPS) is 11.8. The highest BCUT2D eigenvalue weighted by Gasteiger charge is 2.16. The third-order valence-corrected chi connectivity index (χ3v) is 3.41. The molecule has 0 aliphatic rings. The van der Waals surface area contributed by atoms with Gasteiger partial charge in [-0.15, -0.1) is 0 Å². The molecule has 3 heterocycles. The Labute approximate surface area is 96.6 Å². The van der Waals surface area contributed by atoms with Gasteiger partial charge in [0.25, 0.3) is 0 Å². The Kier molecular flexibility index (Phi) is 1.50. The van der Waals surface area contributed by atoms with E-state index in [2.05, 4.69) is 27.5 Å². The molecule has 1 aromatic carbocycles. The molecule has 6 nitrogen and oxygen atoms in total. The van der Waals surface area contributed by atoms with Gasteiger partial charge in [-0.1, -0.05) is 0 Å². The fourth-order valence-corrected chi connectivity index (χ4v) is 2.78. The Morgan fingerprint density at radius 2 is 0.938 bits per heavy atom. The summed E-state index contributed by atoms with van der Waals surface area (Å²) in [6, 6.07) is 0. The van der Waals surface area contributed by atoms with Crippen LogP contribution in [0.1, 0.15) is 0 Å². The van der Waals surface area contributed by atoms with E-state index in [1.54, 1.807) is 12.4 Å². The summed E-state index contributed by atoms with van der Waals surface area (Å²) in [4.78, 5) is 8.58. The van der Waals surface area contributed by atoms with E-state index in [0.717, 1.165) is 56.6 Å². The molecule has 76 valence electrons. The number of rotatable bonds is 0. The summed E-state index contributed by atoms with van der Waals surface area (Å²) in [6.07, 6.45) is 3.29. The fraction of sp³-hybridized carbons (Fsp3) is 0. The zero-order valence-corrected chi connectivity index (χ0v) is 9.29. The molecule has 4 aromatic rings. The summed E-state index contributed by atoms with van der Waals surface area (Å²) in [5, 5.41) is 0. The lowest BCUT2D eigenvalue weighted by molar-refractivity contribution is 1.30. The van der Waals surface area contributed by atoms with Gasteiger partial charge in [-0.2, -0.15) is 17.5 Å². The van der Waals surface area contributed by atoms with Crippen LogP contribution >= 0.6 is 23.5 Å². The molecule has 0 aliphatic carbocycles. The summed E-state index contributed by atoms with van der Waals surface area (Å²) >= 11 is 2.31. The van der Waals surface area contributed by atoms with Crippen molar-refractivity contribution >= 4 is 56.6 Å². The average molecular weight is 246 g/mol. The second-order valence-electron chi connectivity index (χ2n) is 3.18. The van der Waals surface area contributed by atoms with Gasteiger partial charge in [0.05, 0.1) is 23.5 Å². The first-order valence-corrected chi connectivity index (χ1v) is 5.88. The van der Waals surface area contributed by atoms with Crippen LogP contribution < -0.4 is 0 Å². The van der Waals surface area contributed by atoms with Crippen molar-refractivity contribution in [1.29, 1.82) is 0 Å². The highest BCUT2D eigenvalue weighted by atomic mass is 32.1. The van der Waals surface area contributed by atoms with E-state index < -0.39 is 0 Å². The maximum atomic E-state index is 4.29. The number of hydrogen-bond donors (Lipinski definition) is 0. The van der Waals surface area contributed by atoms with Crippen LogP contribution in [0, 0.1) is 0 Å². The Balaban J connectivity index is 2.51. The number of benzene rings is 1. The maximum absolute atomic E-state index is 4.29. The quantitative estimate of drug-likeness (QED) is 0.469. The molecule has 0 radical (unpaired) electrons. The van der Waals surface area contributed by atoms with Crippen molar-refractivity contribution in [2.24, 2.45) is 0 Å². The number of aromatic nitrogens is 6. The highest BCUT2D eigenvalue weighted by molar-refractivity contribution is 7.01. The first kappa shape index (κ1) is 8.36. The number of hydrogen-bond acceptors (Lipinski definition) is 8. The zero-order valence-electron chi connectivity index (χ0n) is 7.65. The number of nitrogens with zero attached hydrogens (tertiary/aromatic N) is 6. The molecule has 0 amide bonds. The molecule has 0 saturated heterocycles. The van der Waals surface area contributed by atoms with Crippen molar-refractivity contribution in [2.45, 2.75) is 0 Å². The third kappa shape index (κ3) is 0.902. The standard InChI is InChI=1S/C8H2N6S2/c1-2-10-4-3(9-1)5-7(13-15-11-5)8-6(4)12-16-14-8/h1-2H. The van der Waals surface area contributed by atoms with Crippen LogP contribution in [0.5, 0.6) is 0 Å². The van der Waals surface area contributed by atoms with Crippen molar-refractivity contribution in [1.82, 2.24) is 27.5 Å². The lowest BCUT2D eigenvalue weighted by Crippen LogP contribution is -1.86. The van der Waals surface area contributed by atoms with E-state index >= 15 is 0 Å². The predicted octanol–water partition coefficient (Wildman–Crippen LogP) is 1.64. The molecule has 0 bridgehead atoms. The minimum absolute atomic E-state index is 0.742. The van der Waals surface area contributed by atoms with Crippen molar-refractivity contribution in [3.63, 3.8) is 0 Å². The molecule has 0 saturated carbocycles.